The average Bonchev–Trinajstić information content (AvgIpc) is 3.33. The van der Waals surface area contributed by atoms with Gasteiger partial charge in [-0.25, -0.2) is 4.90 Å². The zero-order valence-corrected chi connectivity index (χ0v) is 26.0. The molecule has 228 valence electrons. The number of hydrogen-bond acceptors (Lipinski definition) is 6. The Bertz CT molecular complexity index is 1730. The van der Waals surface area contributed by atoms with Crippen molar-refractivity contribution < 1.29 is 23.9 Å². The Morgan fingerprint density at radius 3 is 2.22 bits per heavy atom. The molecule has 1 atom stereocenters. The van der Waals surface area contributed by atoms with Gasteiger partial charge in [0.1, 0.15) is 11.4 Å². The zero-order valence-electron chi connectivity index (χ0n) is 25.2. The van der Waals surface area contributed by atoms with E-state index in [1.807, 2.05) is 36.4 Å². The molecule has 5 rings (SSSR count). The molecule has 2 N–H and O–H groups in total. The van der Waals surface area contributed by atoms with Crippen LogP contribution in [0.15, 0.2) is 114 Å². The van der Waals surface area contributed by atoms with Crippen LogP contribution in [-0.4, -0.2) is 36.0 Å². The predicted molar refractivity (Wildman–Crippen MR) is 177 cm³/mol. The van der Waals surface area contributed by atoms with E-state index in [1.165, 1.54) is 23.8 Å². The lowest BCUT2D eigenvalue weighted by Crippen LogP contribution is -2.31. The summed E-state index contributed by atoms with van der Waals surface area (Å²) in [5, 5.41) is 5.01. The Balaban J connectivity index is 1.28. The van der Waals surface area contributed by atoms with Crippen LogP contribution in [0.3, 0.4) is 0 Å². The number of benzene rings is 4. The molecule has 0 spiro atoms. The van der Waals surface area contributed by atoms with Crippen molar-refractivity contribution >= 4 is 52.8 Å². The Morgan fingerprint density at radius 1 is 0.889 bits per heavy atom. The number of carbonyl (C=O) groups excluding carboxylic acids is 4. The second-order valence-electron chi connectivity index (χ2n) is 10.7. The van der Waals surface area contributed by atoms with Gasteiger partial charge < -0.3 is 15.4 Å². The molecule has 9 heteroatoms. The molecule has 0 aromatic heterocycles. The number of amides is 4. The van der Waals surface area contributed by atoms with Crippen LogP contribution in [0.1, 0.15) is 47.7 Å². The van der Waals surface area contributed by atoms with Gasteiger partial charge in [-0.05, 0) is 72.2 Å². The summed E-state index contributed by atoms with van der Waals surface area (Å²) < 4.78 is 5.42. The van der Waals surface area contributed by atoms with Gasteiger partial charge in [-0.1, -0.05) is 62.4 Å². The molecule has 1 saturated heterocycles. The van der Waals surface area contributed by atoms with Crippen LogP contribution in [0.4, 0.5) is 11.4 Å². The van der Waals surface area contributed by atoms with Crippen LogP contribution in [0, 0.1) is 0 Å². The SMILES string of the molecule is COc1ccccc1/C=C(\NC(=O)c1ccccc1)C(=O)Nc1ccc(SC2CC(=O)N(c3ccc(C(C)C)cc3)C2=O)cc1. The summed E-state index contributed by atoms with van der Waals surface area (Å²) in [5.74, 6) is -0.543. The van der Waals surface area contributed by atoms with Crippen molar-refractivity contribution in [2.75, 3.05) is 17.3 Å². The third-order valence-electron chi connectivity index (χ3n) is 7.28. The van der Waals surface area contributed by atoms with Crippen LogP contribution >= 0.6 is 11.8 Å². The summed E-state index contributed by atoms with van der Waals surface area (Å²) in [6, 6.07) is 30.3. The Morgan fingerprint density at radius 2 is 1.56 bits per heavy atom. The van der Waals surface area contributed by atoms with Crippen molar-refractivity contribution in [3.05, 3.63) is 126 Å². The minimum atomic E-state index is -0.550. The summed E-state index contributed by atoms with van der Waals surface area (Å²) in [5.41, 5.74) is 3.26. The molecule has 8 nitrogen and oxygen atoms in total. The lowest BCUT2D eigenvalue weighted by molar-refractivity contribution is -0.121. The lowest BCUT2D eigenvalue weighted by atomic mass is 10.0. The number of nitrogens with zero attached hydrogens (tertiary/aromatic N) is 1. The molecule has 45 heavy (non-hydrogen) atoms. The molecule has 4 aromatic carbocycles. The first-order valence-corrected chi connectivity index (χ1v) is 15.4. The van der Waals surface area contributed by atoms with Gasteiger partial charge in [-0.15, -0.1) is 11.8 Å². The molecular weight excluding hydrogens is 586 g/mol. The first kappa shape index (κ1) is 31.3. The van der Waals surface area contributed by atoms with E-state index in [9.17, 15) is 19.2 Å². The Kier molecular flexibility index (Phi) is 9.79. The van der Waals surface area contributed by atoms with Gasteiger partial charge in [0.15, 0.2) is 0 Å². The highest BCUT2D eigenvalue weighted by atomic mass is 32.2. The number of anilines is 2. The quantitative estimate of drug-likeness (QED) is 0.152. The summed E-state index contributed by atoms with van der Waals surface area (Å²) in [4.78, 5) is 54.4. The van der Waals surface area contributed by atoms with Gasteiger partial charge in [-0.3, -0.25) is 19.2 Å². The average molecular weight is 620 g/mol. The first-order valence-electron chi connectivity index (χ1n) is 14.5. The maximum absolute atomic E-state index is 13.4. The van der Waals surface area contributed by atoms with Crippen LogP contribution < -0.4 is 20.3 Å². The van der Waals surface area contributed by atoms with Crippen molar-refractivity contribution in [1.29, 1.82) is 0 Å². The fourth-order valence-corrected chi connectivity index (χ4v) is 5.89. The number of hydrogen-bond donors (Lipinski definition) is 2. The third-order valence-corrected chi connectivity index (χ3v) is 8.48. The number of rotatable bonds is 10. The molecule has 1 unspecified atom stereocenters. The molecule has 1 fully saturated rings. The highest BCUT2D eigenvalue weighted by Gasteiger charge is 2.40. The standard InChI is InChI=1S/C36H33N3O5S/c1-23(2)24-13-17-28(18-14-24)39-33(40)22-32(36(39)43)45-29-19-15-27(16-20-29)37-35(42)30(21-26-11-7-8-12-31(26)44-3)38-34(41)25-9-5-4-6-10-25/h4-21,23,32H,22H2,1-3H3,(H,37,42)(H,38,41)/b30-21-. The zero-order chi connectivity index (χ0) is 31.9. The lowest BCUT2D eigenvalue weighted by Gasteiger charge is -2.16. The van der Waals surface area contributed by atoms with E-state index >= 15 is 0 Å². The van der Waals surface area contributed by atoms with Crippen LogP contribution in [0.25, 0.3) is 6.08 Å². The second-order valence-corrected chi connectivity index (χ2v) is 12.0. The fourth-order valence-electron chi connectivity index (χ4n) is 4.84. The summed E-state index contributed by atoms with van der Waals surface area (Å²) in [6.07, 6.45) is 1.66. The topological polar surface area (TPSA) is 105 Å². The van der Waals surface area contributed by atoms with E-state index < -0.39 is 17.1 Å². The van der Waals surface area contributed by atoms with Crippen LogP contribution in [0.2, 0.25) is 0 Å². The molecule has 0 saturated carbocycles. The summed E-state index contributed by atoms with van der Waals surface area (Å²) in [6.45, 7) is 4.18. The molecule has 4 amide bonds. The Hall–Kier alpha value is -5.15. The maximum atomic E-state index is 13.4. The number of nitrogens with one attached hydrogen (secondary N) is 2. The van der Waals surface area contributed by atoms with Gasteiger partial charge in [0, 0.05) is 28.1 Å². The van der Waals surface area contributed by atoms with Gasteiger partial charge in [0.05, 0.1) is 18.0 Å². The minimum Gasteiger partial charge on any atom is -0.496 e. The van der Waals surface area contributed by atoms with Crippen molar-refractivity contribution in [2.45, 2.75) is 36.3 Å². The maximum Gasteiger partial charge on any atom is 0.272 e. The summed E-state index contributed by atoms with van der Waals surface area (Å²) in [7, 11) is 1.53. The van der Waals surface area contributed by atoms with Gasteiger partial charge in [-0.2, -0.15) is 0 Å². The molecule has 1 aliphatic rings. The summed E-state index contributed by atoms with van der Waals surface area (Å²) >= 11 is 1.31. The largest absolute Gasteiger partial charge is 0.496 e. The van der Waals surface area contributed by atoms with E-state index in [0.717, 1.165) is 10.5 Å². The number of carbonyl (C=O) groups is 4. The first-order chi connectivity index (χ1) is 21.7. The normalized spacial score (nSPS) is 14.9. The highest BCUT2D eigenvalue weighted by Crippen LogP contribution is 2.35. The van der Waals surface area contributed by atoms with Crippen LogP contribution in [-0.2, 0) is 14.4 Å². The number of methoxy groups -OCH3 is 1. The number of imide groups is 1. The molecule has 0 aliphatic carbocycles. The van der Waals surface area contributed by atoms with E-state index in [4.69, 9.17) is 4.74 Å². The minimum absolute atomic E-state index is 0.0309. The molecule has 1 aliphatic heterocycles. The number of thioether (sulfide) groups is 1. The van der Waals surface area contributed by atoms with Gasteiger partial charge >= 0.3 is 0 Å². The van der Waals surface area contributed by atoms with Gasteiger partial charge in [0.25, 0.3) is 11.8 Å². The predicted octanol–water partition coefficient (Wildman–Crippen LogP) is 6.65. The van der Waals surface area contributed by atoms with Gasteiger partial charge in [0.2, 0.25) is 11.8 Å². The number of para-hydroxylation sites is 1. The third kappa shape index (κ3) is 7.50. The van der Waals surface area contributed by atoms with E-state index in [2.05, 4.69) is 24.5 Å². The molecular formula is C36H33N3O5S. The van der Waals surface area contributed by atoms with Crippen LogP contribution in [0.5, 0.6) is 5.75 Å². The molecule has 0 radical (unpaired) electrons. The molecule has 1 heterocycles. The van der Waals surface area contributed by atoms with Crippen molar-refractivity contribution in [1.82, 2.24) is 5.32 Å². The number of ether oxygens (including phenoxy) is 1. The monoisotopic (exact) mass is 619 g/mol. The molecule has 4 aromatic rings. The second kappa shape index (κ2) is 14.1. The smallest absolute Gasteiger partial charge is 0.272 e. The van der Waals surface area contributed by atoms with Crippen molar-refractivity contribution in [2.24, 2.45) is 0 Å². The fraction of sp³-hybridized carbons (Fsp3) is 0.167. The van der Waals surface area contributed by atoms with Crippen molar-refractivity contribution in [3.63, 3.8) is 0 Å². The van der Waals surface area contributed by atoms with E-state index in [1.54, 1.807) is 72.8 Å². The van der Waals surface area contributed by atoms with E-state index in [0.29, 0.717) is 34.2 Å². The van der Waals surface area contributed by atoms with E-state index in [-0.39, 0.29) is 23.9 Å². The Labute approximate surface area is 266 Å². The molecule has 0 bridgehead atoms. The van der Waals surface area contributed by atoms with Crippen molar-refractivity contribution in [3.8, 4) is 5.75 Å². The highest BCUT2D eigenvalue weighted by molar-refractivity contribution is 8.00.